The summed E-state index contributed by atoms with van der Waals surface area (Å²) in [4.78, 5) is 13.3. The van der Waals surface area contributed by atoms with E-state index in [2.05, 4.69) is 53.2 Å². The fourth-order valence-corrected chi connectivity index (χ4v) is 3.04. The van der Waals surface area contributed by atoms with Gasteiger partial charge in [0.05, 0.1) is 9.47 Å². The molecule has 1 aliphatic rings. The van der Waals surface area contributed by atoms with Crippen LogP contribution in [0.3, 0.4) is 0 Å². The first-order valence-electron chi connectivity index (χ1n) is 5.84. The lowest BCUT2D eigenvalue weighted by Crippen LogP contribution is -2.46. The zero-order valence-electron chi connectivity index (χ0n) is 9.79. The quantitative estimate of drug-likeness (QED) is 0.850. The number of thiophene rings is 1. The van der Waals surface area contributed by atoms with E-state index in [9.17, 15) is 0 Å². The number of hydrogen-bond donors (Lipinski definition) is 0. The van der Waals surface area contributed by atoms with Crippen molar-refractivity contribution >= 4 is 38.2 Å². The van der Waals surface area contributed by atoms with Crippen LogP contribution < -0.4 is 9.80 Å². The third kappa shape index (κ3) is 2.49. The molecule has 0 bridgehead atoms. The van der Waals surface area contributed by atoms with Crippen molar-refractivity contribution < 1.29 is 0 Å². The van der Waals surface area contributed by atoms with Crippen LogP contribution in [0.2, 0.25) is 0 Å². The lowest BCUT2D eigenvalue weighted by molar-refractivity contribution is 0.643. The predicted molar refractivity (Wildman–Crippen MR) is 78.5 cm³/mol. The molecule has 4 nitrogen and oxygen atoms in total. The second kappa shape index (κ2) is 5.24. The van der Waals surface area contributed by atoms with Gasteiger partial charge in [0.2, 0.25) is 5.95 Å². The monoisotopic (exact) mass is 324 g/mol. The maximum Gasteiger partial charge on any atom is 0.225 e. The fourth-order valence-electron chi connectivity index (χ4n) is 2.05. The summed E-state index contributed by atoms with van der Waals surface area (Å²) in [5.74, 6) is 0.823. The lowest BCUT2D eigenvalue weighted by atomic mass is 10.3. The van der Waals surface area contributed by atoms with Gasteiger partial charge in [-0.1, -0.05) is 0 Å². The number of halogens is 1. The number of rotatable bonds is 2. The number of aromatic nitrogens is 2. The van der Waals surface area contributed by atoms with E-state index in [-0.39, 0.29) is 0 Å². The van der Waals surface area contributed by atoms with Crippen LogP contribution in [0, 0.1) is 0 Å². The summed E-state index contributed by atoms with van der Waals surface area (Å²) in [6.45, 7) is 4.00. The van der Waals surface area contributed by atoms with Gasteiger partial charge in [0.1, 0.15) is 0 Å². The van der Waals surface area contributed by atoms with E-state index in [4.69, 9.17) is 0 Å². The minimum Gasteiger partial charge on any atom is -0.360 e. The Bertz CT molecular complexity index is 491. The van der Waals surface area contributed by atoms with E-state index >= 15 is 0 Å². The molecule has 0 amide bonds. The summed E-state index contributed by atoms with van der Waals surface area (Å²) < 4.78 is 0.920. The highest BCUT2D eigenvalue weighted by atomic mass is 79.9. The average Bonchev–Trinajstić information content (AvgIpc) is 2.94. The van der Waals surface area contributed by atoms with Crippen LogP contribution in [0.5, 0.6) is 0 Å². The van der Waals surface area contributed by atoms with Gasteiger partial charge in [-0.25, -0.2) is 9.97 Å². The molecule has 1 fully saturated rings. The van der Waals surface area contributed by atoms with Crippen molar-refractivity contribution in [1.29, 1.82) is 0 Å². The van der Waals surface area contributed by atoms with Crippen LogP contribution in [0.15, 0.2) is 34.4 Å². The molecular weight excluding hydrogens is 312 g/mol. The number of hydrogen-bond acceptors (Lipinski definition) is 5. The summed E-state index contributed by atoms with van der Waals surface area (Å²) in [7, 11) is 0. The number of anilines is 2. The van der Waals surface area contributed by atoms with E-state index in [0.717, 1.165) is 36.6 Å². The first kappa shape index (κ1) is 11.9. The molecule has 2 aromatic heterocycles. The minimum absolute atomic E-state index is 0.823. The van der Waals surface area contributed by atoms with Gasteiger partial charge >= 0.3 is 0 Å². The van der Waals surface area contributed by atoms with E-state index in [1.807, 2.05) is 0 Å². The molecular formula is C12H13BrN4S. The first-order chi connectivity index (χ1) is 8.83. The molecule has 0 spiro atoms. The summed E-state index contributed by atoms with van der Waals surface area (Å²) in [5, 5.41) is 3.48. The van der Waals surface area contributed by atoms with Gasteiger partial charge in [-0.2, -0.15) is 0 Å². The fraction of sp³-hybridized carbons (Fsp3) is 0.333. The molecule has 18 heavy (non-hydrogen) atoms. The van der Waals surface area contributed by atoms with Gasteiger partial charge < -0.3 is 9.80 Å². The van der Waals surface area contributed by atoms with Crippen LogP contribution >= 0.6 is 27.3 Å². The molecule has 0 saturated carbocycles. The van der Waals surface area contributed by atoms with Crippen molar-refractivity contribution in [3.63, 3.8) is 0 Å². The molecule has 6 heteroatoms. The van der Waals surface area contributed by atoms with Crippen molar-refractivity contribution in [1.82, 2.24) is 9.97 Å². The minimum atomic E-state index is 0.823. The molecule has 2 aromatic rings. The highest BCUT2D eigenvalue weighted by Crippen LogP contribution is 2.23. The summed E-state index contributed by atoms with van der Waals surface area (Å²) in [6.07, 6.45) is 3.60. The van der Waals surface area contributed by atoms with Crippen LogP contribution in [0.1, 0.15) is 0 Å². The Hall–Kier alpha value is -1.14. The third-order valence-electron chi connectivity index (χ3n) is 2.99. The van der Waals surface area contributed by atoms with E-state index in [1.165, 1.54) is 5.00 Å². The van der Waals surface area contributed by atoms with Crippen molar-refractivity contribution in [2.45, 2.75) is 0 Å². The van der Waals surface area contributed by atoms with Crippen LogP contribution in [-0.4, -0.2) is 36.1 Å². The zero-order chi connectivity index (χ0) is 12.4. The molecule has 1 aliphatic heterocycles. The second-order valence-electron chi connectivity index (χ2n) is 4.13. The molecule has 0 radical (unpaired) electrons. The molecule has 0 unspecified atom stereocenters. The molecule has 1 saturated heterocycles. The number of nitrogens with zero attached hydrogens (tertiary/aromatic N) is 4. The maximum atomic E-state index is 4.34. The third-order valence-corrected chi connectivity index (χ3v) is 4.33. The molecule has 0 N–H and O–H groups in total. The zero-order valence-corrected chi connectivity index (χ0v) is 12.2. The molecule has 0 atom stereocenters. The normalized spacial score (nSPS) is 16.1. The summed E-state index contributed by atoms with van der Waals surface area (Å²) >= 11 is 5.15. The van der Waals surface area contributed by atoms with Crippen LogP contribution in [-0.2, 0) is 0 Å². The Labute approximate surface area is 118 Å². The van der Waals surface area contributed by atoms with Gasteiger partial charge in [-0.05, 0) is 33.4 Å². The molecule has 94 valence electrons. The Morgan fingerprint density at radius 2 is 1.72 bits per heavy atom. The molecule has 0 aliphatic carbocycles. The van der Waals surface area contributed by atoms with Gasteiger partial charge in [0.15, 0.2) is 0 Å². The highest BCUT2D eigenvalue weighted by Gasteiger charge is 2.19. The Balaban J connectivity index is 1.65. The van der Waals surface area contributed by atoms with Crippen molar-refractivity contribution in [3.05, 3.63) is 34.4 Å². The summed E-state index contributed by atoms with van der Waals surface area (Å²) in [6, 6.07) is 4.28. The standard InChI is InChI=1S/C12H13BrN4S/c13-10-8-14-12(15-9-10)17-5-3-16(4-6-17)11-2-1-7-18-11/h1-2,7-9H,3-6H2. The largest absolute Gasteiger partial charge is 0.360 e. The Morgan fingerprint density at radius 1 is 1.06 bits per heavy atom. The van der Waals surface area contributed by atoms with Crippen molar-refractivity contribution in [2.24, 2.45) is 0 Å². The number of piperazine rings is 1. The smallest absolute Gasteiger partial charge is 0.225 e. The van der Waals surface area contributed by atoms with Gasteiger partial charge in [-0.3, -0.25) is 0 Å². The van der Waals surface area contributed by atoms with E-state index in [0.29, 0.717) is 0 Å². The Morgan fingerprint density at radius 3 is 2.33 bits per heavy atom. The lowest BCUT2D eigenvalue weighted by Gasteiger charge is -2.35. The van der Waals surface area contributed by atoms with Crippen LogP contribution in [0.4, 0.5) is 10.9 Å². The van der Waals surface area contributed by atoms with E-state index < -0.39 is 0 Å². The van der Waals surface area contributed by atoms with Gasteiger partial charge in [0.25, 0.3) is 0 Å². The highest BCUT2D eigenvalue weighted by molar-refractivity contribution is 9.10. The average molecular weight is 325 g/mol. The maximum absolute atomic E-state index is 4.34. The predicted octanol–water partition coefficient (Wildman–Crippen LogP) is 2.63. The van der Waals surface area contributed by atoms with Crippen LogP contribution in [0.25, 0.3) is 0 Å². The van der Waals surface area contributed by atoms with E-state index in [1.54, 1.807) is 23.7 Å². The molecule has 3 heterocycles. The second-order valence-corrected chi connectivity index (χ2v) is 5.97. The topological polar surface area (TPSA) is 32.3 Å². The van der Waals surface area contributed by atoms with Gasteiger partial charge in [-0.15, -0.1) is 11.3 Å². The molecule has 0 aromatic carbocycles. The first-order valence-corrected chi connectivity index (χ1v) is 7.51. The summed E-state index contributed by atoms with van der Waals surface area (Å²) in [5.41, 5.74) is 0. The Kier molecular flexibility index (Phi) is 3.47. The van der Waals surface area contributed by atoms with Crippen molar-refractivity contribution in [2.75, 3.05) is 36.0 Å². The molecule has 3 rings (SSSR count). The van der Waals surface area contributed by atoms with Gasteiger partial charge in [0, 0.05) is 38.6 Å². The SMILES string of the molecule is Brc1cnc(N2CCN(c3cccs3)CC2)nc1. The van der Waals surface area contributed by atoms with Crippen molar-refractivity contribution in [3.8, 4) is 0 Å².